The first-order chi connectivity index (χ1) is 5.65. The van der Waals surface area contributed by atoms with Crippen molar-refractivity contribution < 1.29 is 9.53 Å². The van der Waals surface area contributed by atoms with Crippen LogP contribution in [0.5, 0.6) is 0 Å². The second-order valence-corrected chi connectivity index (χ2v) is 3.57. The normalized spacial score (nSPS) is 29.6. The zero-order valence-electron chi connectivity index (χ0n) is 7.75. The topological polar surface area (TPSA) is 52.3 Å². The molecule has 3 unspecified atom stereocenters. The van der Waals surface area contributed by atoms with Crippen LogP contribution in [0.25, 0.3) is 0 Å². The molecule has 3 atom stereocenters. The van der Waals surface area contributed by atoms with Crippen molar-refractivity contribution in [1.82, 2.24) is 0 Å². The van der Waals surface area contributed by atoms with Gasteiger partial charge in [0.05, 0.1) is 12.5 Å². The first-order valence-electron chi connectivity index (χ1n) is 4.57. The van der Waals surface area contributed by atoms with E-state index in [9.17, 15) is 4.79 Å². The predicted octanol–water partition coefficient (Wildman–Crippen LogP) is 0.923. The Bertz CT molecular complexity index is 168. The highest BCUT2D eigenvalue weighted by molar-refractivity contribution is 5.75. The Morgan fingerprint density at radius 3 is 2.92 bits per heavy atom. The second-order valence-electron chi connectivity index (χ2n) is 3.57. The smallest absolute Gasteiger partial charge is 0.309 e. The molecule has 3 nitrogen and oxygen atoms in total. The summed E-state index contributed by atoms with van der Waals surface area (Å²) in [6.07, 6.45) is 1.92. The number of rotatable bonds is 4. The first kappa shape index (κ1) is 9.52. The van der Waals surface area contributed by atoms with Crippen LogP contribution in [0, 0.1) is 11.8 Å². The Balaban J connectivity index is 2.18. The average Bonchev–Trinajstić information content (AvgIpc) is 2.67. The molecule has 0 saturated heterocycles. The Morgan fingerprint density at radius 2 is 2.42 bits per heavy atom. The van der Waals surface area contributed by atoms with Gasteiger partial charge in [-0.05, 0) is 32.6 Å². The van der Waals surface area contributed by atoms with Crippen molar-refractivity contribution in [2.24, 2.45) is 17.6 Å². The molecular weight excluding hydrogens is 154 g/mol. The minimum atomic E-state index is -0.0387. The van der Waals surface area contributed by atoms with E-state index in [1.807, 2.05) is 13.8 Å². The summed E-state index contributed by atoms with van der Waals surface area (Å²) < 4.78 is 4.90. The maximum Gasteiger partial charge on any atom is 0.309 e. The summed E-state index contributed by atoms with van der Waals surface area (Å²) in [6, 6.07) is 0.203. The van der Waals surface area contributed by atoms with E-state index in [0.29, 0.717) is 12.5 Å². The van der Waals surface area contributed by atoms with Crippen molar-refractivity contribution in [2.75, 3.05) is 6.61 Å². The van der Waals surface area contributed by atoms with Gasteiger partial charge < -0.3 is 10.5 Å². The second kappa shape index (κ2) is 3.90. The molecule has 1 fully saturated rings. The summed E-state index contributed by atoms with van der Waals surface area (Å²) in [5, 5.41) is 0. The van der Waals surface area contributed by atoms with E-state index >= 15 is 0 Å². The Labute approximate surface area is 73.3 Å². The number of ether oxygens (including phenoxy) is 1. The highest BCUT2D eigenvalue weighted by Crippen LogP contribution is 2.42. The zero-order chi connectivity index (χ0) is 9.14. The lowest BCUT2D eigenvalue weighted by Crippen LogP contribution is -2.17. The highest BCUT2D eigenvalue weighted by atomic mass is 16.5. The van der Waals surface area contributed by atoms with Crippen LogP contribution in [-0.2, 0) is 9.53 Å². The molecule has 12 heavy (non-hydrogen) atoms. The summed E-state index contributed by atoms with van der Waals surface area (Å²) in [7, 11) is 0. The number of carbonyl (C=O) groups excluding carboxylic acids is 1. The van der Waals surface area contributed by atoms with E-state index in [4.69, 9.17) is 10.5 Å². The maximum atomic E-state index is 11.1. The van der Waals surface area contributed by atoms with Crippen LogP contribution >= 0.6 is 0 Å². The van der Waals surface area contributed by atoms with Crippen LogP contribution in [0.4, 0.5) is 0 Å². The predicted molar refractivity (Wildman–Crippen MR) is 46.5 cm³/mol. The number of hydrogen-bond acceptors (Lipinski definition) is 3. The molecule has 0 amide bonds. The molecule has 1 aliphatic carbocycles. The van der Waals surface area contributed by atoms with E-state index in [0.717, 1.165) is 12.8 Å². The van der Waals surface area contributed by atoms with Crippen molar-refractivity contribution in [1.29, 1.82) is 0 Å². The van der Waals surface area contributed by atoms with Gasteiger partial charge in [-0.3, -0.25) is 4.79 Å². The molecule has 3 heteroatoms. The summed E-state index contributed by atoms with van der Waals surface area (Å²) in [4.78, 5) is 11.1. The van der Waals surface area contributed by atoms with Gasteiger partial charge in [0.1, 0.15) is 0 Å². The molecule has 0 aromatic rings. The van der Waals surface area contributed by atoms with Crippen LogP contribution in [0.1, 0.15) is 26.7 Å². The number of esters is 1. The average molecular weight is 171 g/mol. The van der Waals surface area contributed by atoms with Gasteiger partial charge in [-0.25, -0.2) is 0 Å². The Morgan fingerprint density at radius 1 is 1.75 bits per heavy atom. The van der Waals surface area contributed by atoms with Crippen molar-refractivity contribution >= 4 is 5.97 Å². The van der Waals surface area contributed by atoms with Crippen LogP contribution in [0.2, 0.25) is 0 Å². The van der Waals surface area contributed by atoms with Crippen molar-refractivity contribution in [3.05, 3.63) is 0 Å². The molecule has 0 bridgehead atoms. The molecule has 1 saturated carbocycles. The van der Waals surface area contributed by atoms with Crippen molar-refractivity contribution in [2.45, 2.75) is 32.7 Å². The largest absolute Gasteiger partial charge is 0.466 e. The molecule has 0 aromatic carbocycles. The van der Waals surface area contributed by atoms with E-state index in [1.54, 1.807) is 0 Å². The Hall–Kier alpha value is -0.570. The Kier molecular flexibility index (Phi) is 3.09. The van der Waals surface area contributed by atoms with Crippen LogP contribution in [-0.4, -0.2) is 18.6 Å². The molecule has 0 radical (unpaired) electrons. The molecule has 70 valence electrons. The quantitative estimate of drug-likeness (QED) is 0.640. The van der Waals surface area contributed by atoms with Gasteiger partial charge in [-0.2, -0.15) is 0 Å². The molecule has 2 N–H and O–H groups in total. The summed E-state index contributed by atoms with van der Waals surface area (Å²) >= 11 is 0. The molecular formula is C9H17NO2. The minimum Gasteiger partial charge on any atom is -0.466 e. The monoisotopic (exact) mass is 171 g/mol. The standard InChI is InChI=1S/C9H17NO2/c1-3-12-9(11)8-5-7(8)4-6(2)10/h6-8H,3-5,10H2,1-2H3. The molecule has 0 heterocycles. The summed E-state index contributed by atoms with van der Waals surface area (Å²) in [5.74, 6) is 0.600. The third-order valence-corrected chi connectivity index (χ3v) is 2.19. The molecule has 1 rings (SSSR count). The summed E-state index contributed by atoms with van der Waals surface area (Å²) in [5.41, 5.74) is 5.62. The maximum absolute atomic E-state index is 11.1. The van der Waals surface area contributed by atoms with Crippen LogP contribution in [0.15, 0.2) is 0 Å². The van der Waals surface area contributed by atoms with Crippen LogP contribution in [0.3, 0.4) is 0 Å². The van der Waals surface area contributed by atoms with E-state index < -0.39 is 0 Å². The van der Waals surface area contributed by atoms with E-state index in [2.05, 4.69) is 0 Å². The summed E-state index contributed by atoms with van der Waals surface area (Å²) in [6.45, 7) is 4.29. The SMILES string of the molecule is CCOC(=O)C1CC1CC(C)N. The number of carbonyl (C=O) groups is 1. The van der Waals surface area contributed by atoms with Crippen molar-refractivity contribution in [3.63, 3.8) is 0 Å². The van der Waals surface area contributed by atoms with Crippen molar-refractivity contribution in [3.8, 4) is 0 Å². The number of hydrogen-bond donors (Lipinski definition) is 1. The van der Waals surface area contributed by atoms with Gasteiger partial charge in [-0.1, -0.05) is 0 Å². The van der Waals surface area contributed by atoms with Gasteiger partial charge in [0, 0.05) is 6.04 Å². The fourth-order valence-electron chi connectivity index (χ4n) is 1.52. The first-order valence-corrected chi connectivity index (χ1v) is 4.57. The van der Waals surface area contributed by atoms with Gasteiger partial charge in [0.2, 0.25) is 0 Å². The van der Waals surface area contributed by atoms with Crippen LogP contribution < -0.4 is 5.73 Å². The fourth-order valence-corrected chi connectivity index (χ4v) is 1.52. The fraction of sp³-hybridized carbons (Fsp3) is 0.889. The lowest BCUT2D eigenvalue weighted by atomic mass is 10.1. The lowest BCUT2D eigenvalue weighted by molar-refractivity contribution is -0.145. The highest BCUT2D eigenvalue weighted by Gasteiger charge is 2.43. The van der Waals surface area contributed by atoms with Gasteiger partial charge in [-0.15, -0.1) is 0 Å². The zero-order valence-corrected chi connectivity index (χ0v) is 7.75. The van der Waals surface area contributed by atoms with Gasteiger partial charge >= 0.3 is 5.97 Å². The van der Waals surface area contributed by atoms with Gasteiger partial charge in [0.25, 0.3) is 0 Å². The number of nitrogens with two attached hydrogens (primary N) is 1. The molecule has 0 spiro atoms. The molecule has 1 aliphatic rings. The van der Waals surface area contributed by atoms with E-state index in [1.165, 1.54) is 0 Å². The third-order valence-electron chi connectivity index (χ3n) is 2.19. The molecule has 0 aliphatic heterocycles. The molecule has 0 aromatic heterocycles. The van der Waals surface area contributed by atoms with E-state index in [-0.39, 0.29) is 17.9 Å². The lowest BCUT2D eigenvalue weighted by Gasteiger charge is -2.03. The van der Waals surface area contributed by atoms with Gasteiger partial charge in [0.15, 0.2) is 0 Å². The third kappa shape index (κ3) is 2.48. The minimum absolute atomic E-state index is 0.0387.